The van der Waals surface area contributed by atoms with E-state index >= 15 is 0 Å². The van der Waals surface area contributed by atoms with E-state index in [0.717, 1.165) is 38.3 Å². The number of amides is 2. The fourth-order valence-corrected chi connectivity index (χ4v) is 4.75. The second-order valence-corrected chi connectivity index (χ2v) is 9.09. The van der Waals surface area contributed by atoms with Gasteiger partial charge >= 0.3 is 0 Å². The molecule has 4 rings (SSSR count). The van der Waals surface area contributed by atoms with Crippen LogP contribution in [-0.2, 0) is 4.79 Å². The van der Waals surface area contributed by atoms with E-state index < -0.39 is 0 Å². The molecule has 0 aromatic heterocycles. The van der Waals surface area contributed by atoms with Crippen molar-refractivity contribution in [3.8, 4) is 0 Å². The van der Waals surface area contributed by atoms with E-state index in [0.29, 0.717) is 17.2 Å². The minimum absolute atomic E-state index is 0.0369. The number of benzene rings is 1. The van der Waals surface area contributed by atoms with Gasteiger partial charge in [-0.1, -0.05) is 25.8 Å². The molecule has 2 saturated carbocycles. The molecule has 2 aliphatic carbocycles. The smallest absolute Gasteiger partial charge is 0.251 e. The third kappa shape index (κ3) is 4.93. The summed E-state index contributed by atoms with van der Waals surface area (Å²) in [5.41, 5.74) is 1.33. The predicted molar refractivity (Wildman–Crippen MR) is 111 cm³/mol. The minimum Gasteiger partial charge on any atom is -0.349 e. The van der Waals surface area contributed by atoms with Crippen molar-refractivity contribution in [1.29, 1.82) is 0 Å². The van der Waals surface area contributed by atoms with Gasteiger partial charge in [0.05, 0.1) is 0 Å². The van der Waals surface area contributed by atoms with Crippen LogP contribution in [-0.4, -0.2) is 42.4 Å². The van der Waals surface area contributed by atoms with Crippen LogP contribution in [0.5, 0.6) is 0 Å². The molecule has 2 atom stereocenters. The van der Waals surface area contributed by atoms with Gasteiger partial charge in [0.1, 0.15) is 0 Å². The van der Waals surface area contributed by atoms with Crippen LogP contribution in [0.4, 0.5) is 5.69 Å². The average molecular weight is 384 g/mol. The van der Waals surface area contributed by atoms with E-state index in [9.17, 15) is 9.59 Å². The number of hydrogen-bond acceptors (Lipinski definition) is 3. The standard InChI is InChI=1S/C23H33N3O2/c1-16-13-21(16)23(28)25-20-8-4-7-18(14-20)22(27)24-19-9-11-26(12-10-19)15-17-5-2-3-6-17/h4,7-8,14,16-17,19,21H,2-3,5-6,9-13,15H2,1H3,(H,24,27)(H,25,28). The largest absolute Gasteiger partial charge is 0.349 e. The lowest BCUT2D eigenvalue weighted by Crippen LogP contribution is -2.45. The van der Waals surface area contributed by atoms with Gasteiger partial charge in [-0.2, -0.15) is 0 Å². The van der Waals surface area contributed by atoms with Crippen molar-refractivity contribution in [2.24, 2.45) is 17.8 Å². The van der Waals surface area contributed by atoms with E-state index in [4.69, 9.17) is 0 Å². The molecule has 1 heterocycles. The first-order valence-electron chi connectivity index (χ1n) is 11.0. The summed E-state index contributed by atoms with van der Waals surface area (Å²) < 4.78 is 0. The first kappa shape index (κ1) is 19.4. The summed E-state index contributed by atoms with van der Waals surface area (Å²) in [6.07, 6.45) is 8.59. The zero-order valence-corrected chi connectivity index (χ0v) is 17.0. The van der Waals surface area contributed by atoms with Crippen LogP contribution in [0.15, 0.2) is 24.3 Å². The molecule has 2 N–H and O–H groups in total. The van der Waals surface area contributed by atoms with Gasteiger partial charge in [-0.05, 0) is 62.1 Å². The zero-order valence-electron chi connectivity index (χ0n) is 17.0. The average Bonchev–Trinajstić information content (AvgIpc) is 3.21. The molecule has 5 nitrogen and oxygen atoms in total. The molecule has 0 radical (unpaired) electrons. The Labute approximate surface area is 168 Å². The Kier molecular flexibility index (Phi) is 6.00. The van der Waals surface area contributed by atoms with Crippen molar-refractivity contribution >= 4 is 17.5 Å². The number of carbonyl (C=O) groups is 2. The SMILES string of the molecule is CC1CC1C(=O)Nc1cccc(C(=O)NC2CCN(CC3CCCC3)CC2)c1. The Hall–Kier alpha value is -1.88. The summed E-state index contributed by atoms with van der Waals surface area (Å²) in [5.74, 6) is 1.53. The Morgan fingerprint density at radius 3 is 2.50 bits per heavy atom. The van der Waals surface area contributed by atoms with Crippen LogP contribution in [0.2, 0.25) is 0 Å². The van der Waals surface area contributed by atoms with Crippen molar-refractivity contribution in [1.82, 2.24) is 10.2 Å². The van der Waals surface area contributed by atoms with Crippen LogP contribution in [0.1, 0.15) is 62.2 Å². The van der Waals surface area contributed by atoms with Gasteiger partial charge < -0.3 is 15.5 Å². The molecule has 1 aromatic rings. The van der Waals surface area contributed by atoms with Crippen LogP contribution < -0.4 is 10.6 Å². The maximum absolute atomic E-state index is 12.7. The molecule has 152 valence electrons. The number of anilines is 1. The maximum atomic E-state index is 12.7. The van der Waals surface area contributed by atoms with Crippen molar-refractivity contribution in [3.63, 3.8) is 0 Å². The van der Waals surface area contributed by atoms with Gasteiger partial charge in [0.2, 0.25) is 5.91 Å². The molecule has 0 bridgehead atoms. The fraction of sp³-hybridized carbons (Fsp3) is 0.652. The van der Waals surface area contributed by atoms with Crippen molar-refractivity contribution in [2.45, 2.75) is 57.9 Å². The van der Waals surface area contributed by atoms with Gasteiger partial charge in [-0.15, -0.1) is 0 Å². The molecular weight excluding hydrogens is 350 g/mol. The highest BCUT2D eigenvalue weighted by molar-refractivity contribution is 5.98. The molecular formula is C23H33N3O2. The molecule has 5 heteroatoms. The van der Waals surface area contributed by atoms with E-state index in [2.05, 4.69) is 22.5 Å². The first-order chi connectivity index (χ1) is 13.6. The lowest BCUT2D eigenvalue weighted by atomic mass is 10.0. The number of rotatable bonds is 6. The monoisotopic (exact) mass is 383 g/mol. The topological polar surface area (TPSA) is 61.4 Å². The third-order valence-electron chi connectivity index (χ3n) is 6.75. The Morgan fingerprint density at radius 1 is 1.11 bits per heavy atom. The highest BCUT2D eigenvalue weighted by atomic mass is 16.2. The molecule has 1 saturated heterocycles. The summed E-state index contributed by atoms with van der Waals surface area (Å²) >= 11 is 0. The summed E-state index contributed by atoms with van der Waals surface area (Å²) in [6.45, 7) is 5.49. The number of likely N-dealkylation sites (tertiary alicyclic amines) is 1. The molecule has 0 spiro atoms. The summed E-state index contributed by atoms with van der Waals surface area (Å²) in [7, 11) is 0. The molecule has 1 aliphatic heterocycles. The van der Waals surface area contributed by atoms with Gasteiger partial charge in [-0.25, -0.2) is 0 Å². The van der Waals surface area contributed by atoms with Crippen LogP contribution in [0, 0.1) is 17.8 Å². The molecule has 28 heavy (non-hydrogen) atoms. The highest BCUT2D eigenvalue weighted by Crippen LogP contribution is 2.38. The van der Waals surface area contributed by atoms with Crippen LogP contribution in [0.25, 0.3) is 0 Å². The minimum atomic E-state index is -0.0369. The first-order valence-corrected chi connectivity index (χ1v) is 11.0. The Morgan fingerprint density at radius 2 is 1.82 bits per heavy atom. The third-order valence-corrected chi connectivity index (χ3v) is 6.75. The number of piperidine rings is 1. The fourth-order valence-electron chi connectivity index (χ4n) is 4.75. The Balaban J connectivity index is 1.24. The number of carbonyl (C=O) groups excluding carboxylic acids is 2. The maximum Gasteiger partial charge on any atom is 0.251 e. The molecule has 1 aromatic carbocycles. The van der Waals surface area contributed by atoms with Crippen molar-refractivity contribution in [2.75, 3.05) is 25.0 Å². The van der Waals surface area contributed by atoms with Gasteiger partial charge in [0.15, 0.2) is 0 Å². The molecule has 2 amide bonds. The molecule has 3 aliphatic rings. The lowest BCUT2D eigenvalue weighted by Gasteiger charge is -2.33. The number of hydrogen-bond donors (Lipinski definition) is 2. The molecule has 3 fully saturated rings. The quantitative estimate of drug-likeness (QED) is 0.788. The van der Waals surface area contributed by atoms with E-state index in [1.54, 1.807) is 6.07 Å². The lowest BCUT2D eigenvalue weighted by molar-refractivity contribution is -0.117. The molecule has 2 unspecified atom stereocenters. The Bertz CT molecular complexity index is 706. The van der Waals surface area contributed by atoms with Gasteiger partial charge in [0.25, 0.3) is 5.91 Å². The van der Waals surface area contributed by atoms with E-state index in [1.807, 2.05) is 18.2 Å². The summed E-state index contributed by atoms with van der Waals surface area (Å²) in [5, 5.41) is 6.14. The predicted octanol–water partition coefficient (Wildman–Crippen LogP) is 3.67. The number of nitrogens with zero attached hydrogens (tertiary/aromatic N) is 1. The second kappa shape index (κ2) is 8.64. The van der Waals surface area contributed by atoms with E-state index in [-0.39, 0.29) is 23.8 Å². The van der Waals surface area contributed by atoms with Crippen LogP contribution >= 0.6 is 0 Å². The summed E-state index contributed by atoms with van der Waals surface area (Å²) in [4.78, 5) is 27.4. The second-order valence-electron chi connectivity index (χ2n) is 9.09. The van der Waals surface area contributed by atoms with Crippen LogP contribution in [0.3, 0.4) is 0 Å². The normalized spacial score (nSPS) is 26.2. The van der Waals surface area contributed by atoms with Gasteiger partial charge in [-0.3, -0.25) is 9.59 Å². The summed E-state index contributed by atoms with van der Waals surface area (Å²) in [6, 6.07) is 7.54. The van der Waals surface area contributed by atoms with Crippen molar-refractivity contribution in [3.05, 3.63) is 29.8 Å². The zero-order chi connectivity index (χ0) is 19.5. The van der Waals surface area contributed by atoms with Gasteiger partial charge in [0, 0.05) is 42.8 Å². The van der Waals surface area contributed by atoms with Crippen molar-refractivity contribution < 1.29 is 9.59 Å². The highest BCUT2D eigenvalue weighted by Gasteiger charge is 2.39. The number of nitrogens with one attached hydrogen (secondary N) is 2. The van der Waals surface area contributed by atoms with E-state index in [1.165, 1.54) is 32.2 Å².